The normalized spacial score (nSPS) is 12.9. The minimum Gasteiger partial charge on any atom is -0.382 e. The molecule has 0 bridgehead atoms. The van der Waals surface area contributed by atoms with Gasteiger partial charge in [0.25, 0.3) is 0 Å². The SMILES string of the molecule is CCn1cc(C(O)c2c(Br)cnn2CC)cn1. The molecule has 0 amide bonds. The first-order chi connectivity index (χ1) is 8.17. The van der Waals surface area contributed by atoms with Crippen molar-refractivity contribution in [2.75, 3.05) is 0 Å². The highest BCUT2D eigenvalue weighted by Crippen LogP contribution is 2.28. The van der Waals surface area contributed by atoms with Crippen molar-refractivity contribution >= 4 is 15.9 Å². The molecule has 0 aliphatic rings. The summed E-state index contributed by atoms with van der Waals surface area (Å²) in [6.07, 6.45) is 4.54. The van der Waals surface area contributed by atoms with Crippen LogP contribution in [0.1, 0.15) is 31.2 Å². The first-order valence-corrected chi connectivity index (χ1v) is 6.38. The van der Waals surface area contributed by atoms with Crippen molar-refractivity contribution in [1.82, 2.24) is 19.6 Å². The largest absolute Gasteiger partial charge is 0.382 e. The molecule has 17 heavy (non-hydrogen) atoms. The van der Waals surface area contributed by atoms with Gasteiger partial charge in [0.2, 0.25) is 0 Å². The lowest BCUT2D eigenvalue weighted by Crippen LogP contribution is -2.09. The Hall–Kier alpha value is -1.14. The number of rotatable bonds is 4. The Morgan fingerprint density at radius 2 is 2.06 bits per heavy atom. The van der Waals surface area contributed by atoms with Gasteiger partial charge in [-0.25, -0.2) is 0 Å². The van der Waals surface area contributed by atoms with E-state index in [9.17, 15) is 5.11 Å². The molecule has 1 atom stereocenters. The van der Waals surface area contributed by atoms with Crippen LogP contribution in [0.2, 0.25) is 0 Å². The van der Waals surface area contributed by atoms with Crippen molar-refractivity contribution in [3.8, 4) is 0 Å². The molecule has 0 fully saturated rings. The van der Waals surface area contributed by atoms with Gasteiger partial charge in [-0.1, -0.05) is 0 Å². The molecule has 0 spiro atoms. The summed E-state index contributed by atoms with van der Waals surface area (Å²) in [7, 11) is 0. The number of aromatic nitrogens is 4. The van der Waals surface area contributed by atoms with Gasteiger partial charge in [0.05, 0.1) is 22.6 Å². The van der Waals surface area contributed by atoms with Crippen LogP contribution in [0.25, 0.3) is 0 Å². The molecule has 0 aliphatic carbocycles. The van der Waals surface area contributed by atoms with Crippen molar-refractivity contribution < 1.29 is 5.11 Å². The highest BCUT2D eigenvalue weighted by atomic mass is 79.9. The number of aryl methyl sites for hydroxylation is 2. The highest BCUT2D eigenvalue weighted by Gasteiger charge is 2.20. The quantitative estimate of drug-likeness (QED) is 0.939. The van der Waals surface area contributed by atoms with Crippen LogP contribution in [0.4, 0.5) is 0 Å². The van der Waals surface area contributed by atoms with E-state index < -0.39 is 6.10 Å². The predicted molar refractivity (Wildman–Crippen MR) is 67.6 cm³/mol. The van der Waals surface area contributed by atoms with Gasteiger partial charge in [-0.2, -0.15) is 10.2 Å². The van der Waals surface area contributed by atoms with E-state index in [1.165, 1.54) is 0 Å². The second kappa shape index (κ2) is 5.01. The third-order valence-corrected chi connectivity index (χ3v) is 3.30. The van der Waals surface area contributed by atoms with Crippen LogP contribution in [0.3, 0.4) is 0 Å². The summed E-state index contributed by atoms with van der Waals surface area (Å²) >= 11 is 3.41. The van der Waals surface area contributed by atoms with Crippen molar-refractivity contribution in [1.29, 1.82) is 0 Å². The van der Waals surface area contributed by atoms with E-state index in [1.807, 2.05) is 20.0 Å². The van der Waals surface area contributed by atoms with Crippen molar-refractivity contribution in [2.24, 2.45) is 0 Å². The molecule has 0 saturated carbocycles. The van der Waals surface area contributed by atoms with Crippen LogP contribution >= 0.6 is 15.9 Å². The maximum atomic E-state index is 10.3. The topological polar surface area (TPSA) is 55.9 Å². The average molecular weight is 299 g/mol. The molecule has 1 unspecified atom stereocenters. The van der Waals surface area contributed by atoms with Gasteiger partial charge in [0.1, 0.15) is 6.10 Å². The van der Waals surface area contributed by atoms with Gasteiger partial charge in [0.15, 0.2) is 0 Å². The fraction of sp³-hybridized carbons (Fsp3) is 0.455. The van der Waals surface area contributed by atoms with Crippen LogP contribution in [0.5, 0.6) is 0 Å². The Balaban J connectivity index is 2.35. The van der Waals surface area contributed by atoms with Gasteiger partial charge in [0, 0.05) is 24.8 Å². The van der Waals surface area contributed by atoms with Crippen LogP contribution in [-0.4, -0.2) is 24.7 Å². The van der Waals surface area contributed by atoms with Gasteiger partial charge in [-0.15, -0.1) is 0 Å². The Labute approximate surface area is 108 Å². The molecule has 2 rings (SSSR count). The van der Waals surface area contributed by atoms with E-state index in [-0.39, 0.29) is 0 Å². The molecule has 0 radical (unpaired) electrons. The van der Waals surface area contributed by atoms with Gasteiger partial charge in [-0.3, -0.25) is 9.36 Å². The van der Waals surface area contributed by atoms with E-state index in [2.05, 4.69) is 26.1 Å². The fourth-order valence-electron chi connectivity index (χ4n) is 1.75. The summed E-state index contributed by atoms with van der Waals surface area (Å²) in [5.74, 6) is 0. The lowest BCUT2D eigenvalue weighted by molar-refractivity contribution is 0.207. The molecule has 5 nitrogen and oxygen atoms in total. The third-order valence-electron chi connectivity index (χ3n) is 2.68. The average Bonchev–Trinajstić information content (AvgIpc) is 2.94. The summed E-state index contributed by atoms with van der Waals surface area (Å²) in [5, 5.41) is 18.7. The third kappa shape index (κ3) is 2.28. The van der Waals surface area contributed by atoms with E-state index in [0.29, 0.717) is 0 Å². The molecule has 0 saturated heterocycles. The number of aliphatic hydroxyl groups excluding tert-OH is 1. The van der Waals surface area contributed by atoms with Gasteiger partial charge < -0.3 is 5.11 Å². The van der Waals surface area contributed by atoms with E-state index in [1.54, 1.807) is 21.8 Å². The van der Waals surface area contributed by atoms with Crippen LogP contribution in [0, 0.1) is 0 Å². The number of aliphatic hydroxyl groups is 1. The molecule has 2 aromatic rings. The Morgan fingerprint density at radius 3 is 2.65 bits per heavy atom. The second-order valence-corrected chi connectivity index (χ2v) is 4.58. The smallest absolute Gasteiger partial charge is 0.125 e. The van der Waals surface area contributed by atoms with Crippen LogP contribution in [-0.2, 0) is 13.1 Å². The van der Waals surface area contributed by atoms with Crippen molar-refractivity contribution in [3.05, 3.63) is 34.3 Å². The van der Waals surface area contributed by atoms with Crippen LogP contribution in [0.15, 0.2) is 23.1 Å². The first kappa shape index (κ1) is 12.3. The molecular weight excluding hydrogens is 284 g/mol. The predicted octanol–water partition coefficient (Wildman–Crippen LogP) is 1.96. The number of hydrogen-bond donors (Lipinski definition) is 1. The monoisotopic (exact) mass is 298 g/mol. The molecule has 2 aromatic heterocycles. The van der Waals surface area contributed by atoms with Crippen molar-refractivity contribution in [3.63, 3.8) is 0 Å². The first-order valence-electron chi connectivity index (χ1n) is 5.59. The van der Waals surface area contributed by atoms with Crippen molar-refractivity contribution in [2.45, 2.75) is 33.0 Å². The standard InChI is InChI=1S/C11H15BrN4O/c1-3-15-7-8(5-13-15)11(17)10-9(12)6-14-16(10)4-2/h5-7,11,17H,3-4H2,1-2H3. The van der Waals surface area contributed by atoms with Gasteiger partial charge >= 0.3 is 0 Å². The molecule has 0 aliphatic heterocycles. The Bertz CT molecular complexity index is 505. The molecule has 0 aromatic carbocycles. The number of nitrogens with zero attached hydrogens (tertiary/aromatic N) is 4. The Morgan fingerprint density at radius 1 is 1.29 bits per heavy atom. The van der Waals surface area contributed by atoms with Crippen LogP contribution < -0.4 is 0 Å². The zero-order chi connectivity index (χ0) is 12.4. The van der Waals surface area contributed by atoms with Gasteiger partial charge in [-0.05, 0) is 29.8 Å². The summed E-state index contributed by atoms with van der Waals surface area (Å²) in [6.45, 7) is 5.52. The zero-order valence-electron chi connectivity index (χ0n) is 9.84. The molecule has 6 heteroatoms. The highest BCUT2D eigenvalue weighted by molar-refractivity contribution is 9.10. The molecule has 2 heterocycles. The maximum Gasteiger partial charge on any atom is 0.125 e. The molecule has 1 N–H and O–H groups in total. The van der Waals surface area contributed by atoms with E-state index in [0.717, 1.165) is 28.8 Å². The summed E-state index contributed by atoms with van der Waals surface area (Å²) < 4.78 is 4.38. The number of hydrogen-bond acceptors (Lipinski definition) is 3. The number of halogens is 1. The lowest BCUT2D eigenvalue weighted by Gasteiger charge is -2.11. The molecule has 92 valence electrons. The summed E-state index contributed by atoms with van der Waals surface area (Å²) in [4.78, 5) is 0. The molecular formula is C11H15BrN4O. The second-order valence-electron chi connectivity index (χ2n) is 3.73. The maximum absolute atomic E-state index is 10.3. The minimum atomic E-state index is -0.702. The van der Waals surface area contributed by atoms with E-state index in [4.69, 9.17) is 0 Å². The summed E-state index contributed by atoms with van der Waals surface area (Å²) in [6, 6.07) is 0. The Kier molecular flexibility index (Phi) is 3.63. The fourth-order valence-corrected chi connectivity index (χ4v) is 2.26. The summed E-state index contributed by atoms with van der Waals surface area (Å²) in [5.41, 5.74) is 1.55. The van der Waals surface area contributed by atoms with E-state index >= 15 is 0 Å². The minimum absolute atomic E-state index is 0.702. The lowest BCUT2D eigenvalue weighted by atomic mass is 10.1. The zero-order valence-corrected chi connectivity index (χ0v) is 11.4.